The van der Waals surface area contributed by atoms with Gasteiger partial charge in [0.15, 0.2) is 5.75 Å². The smallest absolute Gasteiger partial charge is 0.406 e. The Hall–Kier alpha value is -3.51. The molecule has 8 nitrogen and oxygen atoms in total. The Morgan fingerprint density at radius 3 is 2.57 bits per heavy atom. The zero-order chi connectivity index (χ0) is 25.8. The highest BCUT2D eigenvalue weighted by Crippen LogP contribution is 2.27. The lowest BCUT2D eigenvalue weighted by atomic mass is 10.1. The van der Waals surface area contributed by atoms with Crippen LogP contribution in [0.25, 0.3) is 5.69 Å². The first-order chi connectivity index (χ1) is 18.0. The lowest BCUT2D eigenvalue weighted by molar-refractivity contribution is 0.0321. The van der Waals surface area contributed by atoms with Gasteiger partial charge < -0.3 is 14.4 Å². The summed E-state index contributed by atoms with van der Waals surface area (Å²) in [7, 11) is 0. The first kappa shape index (κ1) is 25.2. The van der Waals surface area contributed by atoms with Gasteiger partial charge in [-0.2, -0.15) is 5.10 Å². The minimum Gasteiger partial charge on any atom is -0.406 e. The molecule has 192 valence electrons. The van der Waals surface area contributed by atoms with E-state index in [4.69, 9.17) is 27.5 Å². The summed E-state index contributed by atoms with van der Waals surface area (Å²) in [6, 6.07) is 13.5. The molecule has 2 aliphatic heterocycles. The van der Waals surface area contributed by atoms with E-state index in [-0.39, 0.29) is 0 Å². The lowest BCUT2D eigenvalue weighted by Gasteiger charge is -2.41. The van der Waals surface area contributed by atoms with Crippen molar-refractivity contribution in [1.82, 2.24) is 14.7 Å². The minimum absolute atomic E-state index is 0.364. The van der Waals surface area contributed by atoms with Crippen LogP contribution in [0.2, 0.25) is 5.02 Å². The van der Waals surface area contributed by atoms with Gasteiger partial charge in [0.2, 0.25) is 0 Å². The van der Waals surface area contributed by atoms with E-state index in [0.29, 0.717) is 28.2 Å². The summed E-state index contributed by atoms with van der Waals surface area (Å²) in [6.07, 6.45) is 8.96. The third-order valence-electron chi connectivity index (χ3n) is 7.00. The number of ether oxygens (including phenoxy) is 2. The van der Waals surface area contributed by atoms with Crippen LogP contribution < -0.4 is 15.0 Å². The average molecular weight is 520 g/mol. The Morgan fingerprint density at radius 2 is 1.86 bits per heavy atom. The zero-order valence-corrected chi connectivity index (χ0v) is 21.6. The molecule has 0 atom stereocenters. The fraction of sp³-hybridized carbons (Fsp3) is 0.357. The van der Waals surface area contributed by atoms with Crippen LogP contribution in [-0.4, -0.2) is 66.2 Å². The Balaban J connectivity index is 1.20. The van der Waals surface area contributed by atoms with E-state index in [1.165, 1.54) is 6.20 Å². The van der Waals surface area contributed by atoms with Gasteiger partial charge in [-0.15, -0.1) is 6.42 Å². The predicted molar refractivity (Wildman–Crippen MR) is 145 cm³/mol. The quantitative estimate of drug-likeness (QED) is 0.491. The van der Waals surface area contributed by atoms with E-state index >= 15 is 0 Å². The van der Waals surface area contributed by atoms with Gasteiger partial charge in [0.05, 0.1) is 23.3 Å². The third kappa shape index (κ3) is 5.75. The van der Waals surface area contributed by atoms with Crippen LogP contribution in [0.1, 0.15) is 24.1 Å². The molecule has 0 unspecified atom stereocenters. The predicted octanol–water partition coefficient (Wildman–Crippen LogP) is 4.73. The number of nitrogens with one attached hydrogen (secondary N) is 1. The summed E-state index contributed by atoms with van der Waals surface area (Å²) in [5.41, 5.74) is 3.83. The number of rotatable bonds is 5. The molecule has 2 aliphatic rings. The van der Waals surface area contributed by atoms with E-state index in [0.717, 1.165) is 69.2 Å². The molecule has 0 radical (unpaired) electrons. The fourth-order valence-electron chi connectivity index (χ4n) is 4.96. The van der Waals surface area contributed by atoms with Crippen molar-refractivity contribution in [1.29, 1.82) is 0 Å². The molecule has 2 aromatic carbocycles. The largest absolute Gasteiger partial charge is 0.417 e. The average Bonchev–Trinajstić information content (AvgIpc) is 3.29. The first-order valence-electron chi connectivity index (χ1n) is 12.5. The number of anilines is 2. The summed E-state index contributed by atoms with van der Waals surface area (Å²) >= 11 is 5.97. The summed E-state index contributed by atoms with van der Waals surface area (Å²) < 4.78 is 12.7. The number of hydrogen-bond acceptors (Lipinski definition) is 6. The van der Waals surface area contributed by atoms with Crippen molar-refractivity contribution in [2.75, 3.05) is 49.6 Å². The normalized spacial score (nSPS) is 16.8. The molecule has 5 rings (SSSR count). The van der Waals surface area contributed by atoms with E-state index in [2.05, 4.69) is 26.1 Å². The Labute approximate surface area is 222 Å². The van der Waals surface area contributed by atoms with Gasteiger partial charge in [-0.1, -0.05) is 17.5 Å². The molecule has 37 heavy (non-hydrogen) atoms. The summed E-state index contributed by atoms with van der Waals surface area (Å²) in [5.74, 6) is 3.14. The highest BCUT2D eigenvalue weighted by molar-refractivity contribution is 6.30. The Bertz CT molecular complexity index is 1290. The van der Waals surface area contributed by atoms with Crippen molar-refractivity contribution >= 4 is 29.1 Å². The molecule has 1 amide bonds. The van der Waals surface area contributed by atoms with E-state index in [9.17, 15) is 4.79 Å². The molecule has 3 heterocycles. The standard InChI is InChI=1S/C28H30ClN5O3/c1-3-21-18-23(6-9-26(21)33-14-12-32(13-15-33)24-10-16-36-17-11-24)31-28(35)37-27-19-30-34(20(27)2)25-7-4-22(29)5-8-25/h1,4-9,18-19,24H,10-17H2,2H3,(H,31,35). The first-order valence-corrected chi connectivity index (χ1v) is 12.9. The van der Waals surface area contributed by atoms with Crippen LogP contribution in [0.5, 0.6) is 5.75 Å². The highest BCUT2D eigenvalue weighted by Gasteiger charge is 2.26. The number of terminal acetylenes is 1. The van der Waals surface area contributed by atoms with Crippen LogP contribution in [-0.2, 0) is 4.74 Å². The van der Waals surface area contributed by atoms with Crippen LogP contribution >= 0.6 is 11.6 Å². The highest BCUT2D eigenvalue weighted by atomic mass is 35.5. The van der Waals surface area contributed by atoms with E-state index < -0.39 is 6.09 Å². The number of piperazine rings is 1. The monoisotopic (exact) mass is 519 g/mol. The molecule has 0 aliphatic carbocycles. The third-order valence-corrected chi connectivity index (χ3v) is 7.25. The van der Waals surface area contributed by atoms with Crippen molar-refractivity contribution in [2.45, 2.75) is 25.8 Å². The second kappa shape index (κ2) is 11.3. The summed E-state index contributed by atoms with van der Waals surface area (Å²) in [5, 5.41) is 7.75. The summed E-state index contributed by atoms with van der Waals surface area (Å²) in [6.45, 7) is 7.38. The van der Waals surface area contributed by atoms with E-state index in [1.807, 2.05) is 37.3 Å². The molecule has 0 saturated carbocycles. The van der Waals surface area contributed by atoms with Gasteiger partial charge in [-0.3, -0.25) is 10.2 Å². The van der Waals surface area contributed by atoms with Crippen molar-refractivity contribution in [2.24, 2.45) is 0 Å². The molecule has 2 saturated heterocycles. The SMILES string of the molecule is C#Cc1cc(NC(=O)Oc2cnn(-c3ccc(Cl)cc3)c2C)ccc1N1CCN(C2CCOCC2)CC1. The Kier molecular flexibility index (Phi) is 7.65. The topological polar surface area (TPSA) is 71.9 Å². The minimum atomic E-state index is -0.612. The number of hydrogen-bond donors (Lipinski definition) is 1. The van der Waals surface area contributed by atoms with Gasteiger partial charge in [0, 0.05) is 61.7 Å². The van der Waals surface area contributed by atoms with Crippen LogP contribution in [0.4, 0.5) is 16.2 Å². The van der Waals surface area contributed by atoms with Crippen molar-refractivity contribution in [3.05, 3.63) is 64.9 Å². The second-order valence-electron chi connectivity index (χ2n) is 9.24. The van der Waals surface area contributed by atoms with E-state index in [1.54, 1.807) is 16.8 Å². The number of carbonyl (C=O) groups excluding carboxylic acids is 1. The van der Waals surface area contributed by atoms with Crippen LogP contribution in [0.15, 0.2) is 48.7 Å². The number of benzene rings is 2. The van der Waals surface area contributed by atoms with Gasteiger partial charge >= 0.3 is 6.09 Å². The van der Waals surface area contributed by atoms with Crippen LogP contribution in [0, 0.1) is 19.3 Å². The van der Waals surface area contributed by atoms with Gasteiger partial charge in [-0.05, 0) is 62.2 Å². The van der Waals surface area contributed by atoms with Gasteiger partial charge in [-0.25, -0.2) is 9.48 Å². The number of nitrogens with zero attached hydrogens (tertiary/aromatic N) is 4. The maximum atomic E-state index is 12.6. The van der Waals surface area contributed by atoms with Gasteiger partial charge in [0.25, 0.3) is 0 Å². The van der Waals surface area contributed by atoms with Crippen LogP contribution in [0.3, 0.4) is 0 Å². The fourth-order valence-corrected chi connectivity index (χ4v) is 5.09. The van der Waals surface area contributed by atoms with Crippen molar-refractivity contribution in [3.63, 3.8) is 0 Å². The maximum Gasteiger partial charge on any atom is 0.417 e. The molecule has 1 N–H and O–H groups in total. The zero-order valence-electron chi connectivity index (χ0n) is 20.8. The Morgan fingerprint density at radius 1 is 1.14 bits per heavy atom. The molecule has 0 bridgehead atoms. The number of carbonyl (C=O) groups is 1. The second-order valence-corrected chi connectivity index (χ2v) is 9.68. The number of amides is 1. The molecule has 1 aromatic heterocycles. The van der Waals surface area contributed by atoms with Crippen molar-refractivity contribution in [3.8, 4) is 23.8 Å². The molecular formula is C28H30ClN5O3. The lowest BCUT2D eigenvalue weighted by Crippen LogP contribution is -2.51. The van der Waals surface area contributed by atoms with Crippen molar-refractivity contribution < 1.29 is 14.3 Å². The molecule has 9 heteroatoms. The molecule has 0 spiro atoms. The molecule has 2 fully saturated rings. The summed E-state index contributed by atoms with van der Waals surface area (Å²) in [4.78, 5) is 17.5. The van der Waals surface area contributed by atoms with Gasteiger partial charge in [0.1, 0.15) is 0 Å². The molecular weight excluding hydrogens is 490 g/mol. The number of halogens is 1. The number of aromatic nitrogens is 2. The maximum absolute atomic E-state index is 12.6. The molecule has 3 aromatic rings.